The molecule has 1 aliphatic rings. The Morgan fingerprint density at radius 3 is 2.35 bits per heavy atom. The van der Waals surface area contributed by atoms with Crippen molar-refractivity contribution in [1.29, 1.82) is 0 Å². The minimum atomic E-state index is -0.337. The van der Waals surface area contributed by atoms with E-state index in [0.29, 0.717) is 18.1 Å². The van der Waals surface area contributed by atoms with Gasteiger partial charge in [-0.3, -0.25) is 0 Å². The fourth-order valence-corrected chi connectivity index (χ4v) is 3.03. The summed E-state index contributed by atoms with van der Waals surface area (Å²) < 4.78 is 15.7. The SMILES string of the molecule is COC(=O)c1ccc(OCC2CCN(c3ccc(OC)cn3)CC2)cc1. The van der Waals surface area contributed by atoms with Crippen LogP contribution in [0.2, 0.25) is 0 Å². The van der Waals surface area contributed by atoms with Crippen LogP contribution >= 0.6 is 0 Å². The highest BCUT2D eigenvalue weighted by Crippen LogP contribution is 2.24. The second-order valence-electron chi connectivity index (χ2n) is 6.31. The van der Waals surface area contributed by atoms with Crippen LogP contribution in [0.15, 0.2) is 42.6 Å². The Balaban J connectivity index is 1.45. The van der Waals surface area contributed by atoms with E-state index >= 15 is 0 Å². The molecule has 0 N–H and O–H groups in total. The van der Waals surface area contributed by atoms with Crippen LogP contribution in [0.5, 0.6) is 11.5 Å². The summed E-state index contributed by atoms with van der Waals surface area (Å²) in [6.07, 6.45) is 3.88. The van der Waals surface area contributed by atoms with E-state index in [9.17, 15) is 4.79 Å². The number of anilines is 1. The molecule has 0 saturated carbocycles. The first-order valence-electron chi connectivity index (χ1n) is 8.76. The number of ether oxygens (including phenoxy) is 3. The molecule has 138 valence electrons. The third-order valence-electron chi connectivity index (χ3n) is 4.66. The van der Waals surface area contributed by atoms with Crippen LogP contribution in [0.3, 0.4) is 0 Å². The molecule has 0 aliphatic carbocycles. The lowest BCUT2D eigenvalue weighted by molar-refractivity contribution is 0.0600. The lowest BCUT2D eigenvalue weighted by Crippen LogP contribution is -2.36. The van der Waals surface area contributed by atoms with Gasteiger partial charge in [0.15, 0.2) is 0 Å². The largest absolute Gasteiger partial charge is 0.495 e. The van der Waals surface area contributed by atoms with Gasteiger partial charge < -0.3 is 19.1 Å². The number of pyridine rings is 1. The molecular formula is C20H24N2O4. The van der Waals surface area contributed by atoms with Crippen molar-refractivity contribution in [2.75, 3.05) is 38.8 Å². The first-order chi connectivity index (χ1) is 12.7. The summed E-state index contributed by atoms with van der Waals surface area (Å²) in [6.45, 7) is 2.62. The highest BCUT2D eigenvalue weighted by atomic mass is 16.5. The van der Waals surface area contributed by atoms with E-state index in [-0.39, 0.29) is 5.97 Å². The van der Waals surface area contributed by atoms with Gasteiger partial charge in [-0.2, -0.15) is 0 Å². The molecule has 2 heterocycles. The summed E-state index contributed by atoms with van der Waals surface area (Å²) in [7, 11) is 3.02. The Labute approximate surface area is 153 Å². The number of aromatic nitrogens is 1. The molecule has 0 atom stereocenters. The number of rotatable bonds is 6. The number of benzene rings is 1. The molecule has 0 bridgehead atoms. The van der Waals surface area contributed by atoms with E-state index in [1.165, 1.54) is 7.11 Å². The molecule has 3 rings (SSSR count). The Hall–Kier alpha value is -2.76. The van der Waals surface area contributed by atoms with Crippen molar-refractivity contribution in [3.63, 3.8) is 0 Å². The second-order valence-corrected chi connectivity index (χ2v) is 6.31. The van der Waals surface area contributed by atoms with E-state index < -0.39 is 0 Å². The normalized spacial score (nSPS) is 14.8. The highest BCUT2D eigenvalue weighted by Gasteiger charge is 2.20. The highest BCUT2D eigenvalue weighted by molar-refractivity contribution is 5.89. The molecule has 1 fully saturated rings. The van der Waals surface area contributed by atoms with Gasteiger partial charge in [-0.25, -0.2) is 9.78 Å². The van der Waals surface area contributed by atoms with E-state index in [2.05, 4.69) is 9.88 Å². The van der Waals surface area contributed by atoms with E-state index in [4.69, 9.17) is 14.2 Å². The zero-order chi connectivity index (χ0) is 18.4. The molecular weight excluding hydrogens is 332 g/mol. The van der Waals surface area contributed by atoms with E-state index in [0.717, 1.165) is 43.2 Å². The van der Waals surface area contributed by atoms with Crippen LogP contribution in [0.1, 0.15) is 23.2 Å². The molecule has 0 spiro atoms. The molecule has 2 aromatic rings. The minimum absolute atomic E-state index is 0.337. The predicted molar refractivity (Wildman–Crippen MR) is 99.0 cm³/mol. The van der Waals surface area contributed by atoms with E-state index in [1.54, 1.807) is 25.4 Å². The Kier molecular flexibility index (Phi) is 5.94. The van der Waals surface area contributed by atoms with Crippen LogP contribution in [0.4, 0.5) is 5.82 Å². The molecule has 6 heteroatoms. The standard InChI is InChI=1S/C20H24N2O4/c1-24-18-7-8-19(21-13-18)22-11-9-15(10-12-22)14-26-17-5-3-16(4-6-17)20(23)25-2/h3-8,13,15H,9-12,14H2,1-2H3. The van der Waals surface area contributed by atoms with Crippen LogP contribution in [-0.4, -0.2) is 44.9 Å². The number of piperidine rings is 1. The van der Waals surface area contributed by atoms with Crippen LogP contribution in [0.25, 0.3) is 0 Å². The summed E-state index contributed by atoms with van der Waals surface area (Å²) in [5, 5.41) is 0. The average molecular weight is 356 g/mol. The van der Waals surface area contributed by atoms with Gasteiger partial charge in [0.1, 0.15) is 17.3 Å². The lowest BCUT2D eigenvalue weighted by atomic mass is 9.98. The number of hydrogen-bond donors (Lipinski definition) is 0. The minimum Gasteiger partial charge on any atom is -0.495 e. The van der Waals surface area contributed by atoms with Gasteiger partial charge in [0.05, 0.1) is 32.6 Å². The van der Waals surface area contributed by atoms with Crippen molar-refractivity contribution >= 4 is 11.8 Å². The lowest BCUT2D eigenvalue weighted by Gasteiger charge is -2.32. The van der Waals surface area contributed by atoms with Crippen LogP contribution in [-0.2, 0) is 4.74 Å². The second kappa shape index (κ2) is 8.56. The van der Waals surface area contributed by atoms with Crippen LogP contribution < -0.4 is 14.4 Å². The van der Waals surface area contributed by atoms with Gasteiger partial charge in [0.25, 0.3) is 0 Å². The number of esters is 1. The number of methoxy groups -OCH3 is 2. The summed E-state index contributed by atoms with van der Waals surface area (Å²) in [5.74, 6) is 2.72. The fraction of sp³-hybridized carbons (Fsp3) is 0.400. The molecule has 6 nitrogen and oxygen atoms in total. The number of hydrogen-bond acceptors (Lipinski definition) is 6. The fourth-order valence-electron chi connectivity index (χ4n) is 3.03. The number of nitrogens with zero attached hydrogens (tertiary/aromatic N) is 2. The van der Waals surface area contributed by atoms with Crippen molar-refractivity contribution in [3.05, 3.63) is 48.2 Å². The molecule has 1 aromatic heterocycles. The quantitative estimate of drug-likeness (QED) is 0.741. The first-order valence-corrected chi connectivity index (χ1v) is 8.76. The Morgan fingerprint density at radius 1 is 1.08 bits per heavy atom. The van der Waals surface area contributed by atoms with Gasteiger partial charge in [0.2, 0.25) is 0 Å². The molecule has 1 aliphatic heterocycles. The number of carbonyl (C=O) groups excluding carboxylic acids is 1. The summed E-state index contributed by atoms with van der Waals surface area (Å²) in [5.41, 5.74) is 0.528. The van der Waals surface area contributed by atoms with Crippen molar-refractivity contribution < 1.29 is 19.0 Å². The number of carbonyl (C=O) groups is 1. The Morgan fingerprint density at radius 2 is 1.77 bits per heavy atom. The van der Waals surface area contributed by atoms with Crippen molar-refractivity contribution in [1.82, 2.24) is 4.98 Å². The molecule has 1 aromatic carbocycles. The summed E-state index contributed by atoms with van der Waals surface area (Å²) >= 11 is 0. The molecule has 1 saturated heterocycles. The zero-order valence-corrected chi connectivity index (χ0v) is 15.2. The topological polar surface area (TPSA) is 60.9 Å². The summed E-state index contributed by atoms with van der Waals surface area (Å²) in [6, 6.07) is 11.0. The van der Waals surface area contributed by atoms with Crippen LogP contribution in [0, 0.1) is 5.92 Å². The monoisotopic (exact) mass is 356 g/mol. The molecule has 0 amide bonds. The van der Waals surface area contributed by atoms with Gasteiger partial charge in [-0.15, -0.1) is 0 Å². The van der Waals surface area contributed by atoms with Gasteiger partial charge in [0, 0.05) is 13.1 Å². The van der Waals surface area contributed by atoms with Gasteiger partial charge in [-0.05, 0) is 55.2 Å². The molecule has 0 unspecified atom stereocenters. The molecule has 0 radical (unpaired) electrons. The maximum absolute atomic E-state index is 11.4. The van der Waals surface area contributed by atoms with Crippen molar-refractivity contribution in [2.45, 2.75) is 12.8 Å². The van der Waals surface area contributed by atoms with Gasteiger partial charge >= 0.3 is 5.97 Å². The van der Waals surface area contributed by atoms with E-state index in [1.807, 2.05) is 24.3 Å². The third kappa shape index (κ3) is 4.45. The molecule has 26 heavy (non-hydrogen) atoms. The summed E-state index contributed by atoms with van der Waals surface area (Å²) in [4.78, 5) is 18.2. The van der Waals surface area contributed by atoms with Gasteiger partial charge in [-0.1, -0.05) is 0 Å². The maximum Gasteiger partial charge on any atom is 0.337 e. The predicted octanol–water partition coefficient (Wildman–Crippen LogP) is 3.17. The third-order valence-corrected chi connectivity index (χ3v) is 4.66. The zero-order valence-electron chi connectivity index (χ0n) is 15.2. The average Bonchev–Trinajstić information content (AvgIpc) is 2.72. The smallest absolute Gasteiger partial charge is 0.337 e. The van der Waals surface area contributed by atoms with Crippen molar-refractivity contribution in [2.24, 2.45) is 5.92 Å². The maximum atomic E-state index is 11.4. The first kappa shape index (κ1) is 18.0. The Bertz CT molecular complexity index is 708. The van der Waals surface area contributed by atoms with Crippen molar-refractivity contribution in [3.8, 4) is 11.5 Å².